The van der Waals surface area contributed by atoms with Gasteiger partial charge in [0.05, 0.1) is 11.1 Å². The van der Waals surface area contributed by atoms with Gasteiger partial charge in [-0.15, -0.1) is 0 Å². The minimum atomic E-state index is -4.44. The average molecular weight is 546 g/mol. The van der Waals surface area contributed by atoms with E-state index in [4.69, 9.17) is 0 Å². The molecule has 0 unspecified atom stereocenters. The Hall–Kier alpha value is -3.58. The Labute approximate surface area is 232 Å². The van der Waals surface area contributed by atoms with Gasteiger partial charge in [-0.3, -0.25) is 4.79 Å². The van der Waals surface area contributed by atoms with Crippen molar-refractivity contribution in [3.05, 3.63) is 107 Å². The Bertz CT molecular complexity index is 1510. The number of aromatic nitrogens is 1. The van der Waals surface area contributed by atoms with Crippen molar-refractivity contribution in [3.8, 4) is 0 Å². The van der Waals surface area contributed by atoms with E-state index in [0.717, 1.165) is 55.4 Å². The van der Waals surface area contributed by atoms with Crippen LogP contribution in [0.15, 0.2) is 78.9 Å². The number of nitrogens with zero attached hydrogens (tertiary/aromatic N) is 2. The fourth-order valence-corrected chi connectivity index (χ4v) is 7.09. The van der Waals surface area contributed by atoms with Gasteiger partial charge in [0.15, 0.2) is 0 Å². The molecular weight excluding hydrogens is 511 g/mol. The highest BCUT2D eigenvalue weighted by Crippen LogP contribution is 2.52. The predicted molar refractivity (Wildman–Crippen MR) is 151 cm³/mol. The van der Waals surface area contributed by atoms with Crippen LogP contribution in [-0.4, -0.2) is 46.9 Å². The molecule has 4 nitrogen and oxygen atoms in total. The number of alkyl halides is 3. The van der Waals surface area contributed by atoms with Gasteiger partial charge in [-0.1, -0.05) is 48.5 Å². The Balaban J connectivity index is 1.40. The van der Waals surface area contributed by atoms with Crippen molar-refractivity contribution in [2.24, 2.45) is 0 Å². The van der Waals surface area contributed by atoms with Gasteiger partial charge in [-0.25, -0.2) is 0 Å². The van der Waals surface area contributed by atoms with E-state index in [1.807, 2.05) is 23.1 Å². The van der Waals surface area contributed by atoms with Crippen LogP contribution in [0.2, 0.25) is 0 Å². The number of H-pyrrole nitrogens is 1. The summed E-state index contributed by atoms with van der Waals surface area (Å²) < 4.78 is 39.7. The van der Waals surface area contributed by atoms with Crippen molar-refractivity contribution < 1.29 is 18.0 Å². The first-order valence-corrected chi connectivity index (χ1v) is 13.9. The molecule has 4 aromatic rings. The van der Waals surface area contributed by atoms with Crippen LogP contribution < -0.4 is 0 Å². The first-order chi connectivity index (χ1) is 19.1. The summed E-state index contributed by atoms with van der Waals surface area (Å²) in [6.45, 7) is 0.530. The molecule has 0 saturated heterocycles. The molecule has 2 aliphatic rings. The number of benzene rings is 3. The van der Waals surface area contributed by atoms with Gasteiger partial charge < -0.3 is 14.8 Å². The van der Waals surface area contributed by atoms with Crippen LogP contribution >= 0.6 is 0 Å². The minimum Gasteiger partial charge on any atom is -0.356 e. The summed E-state index contributed by atoms with van der Waals surface area (Å²) in [6.07, 6.45) is 0.500. The molecule has 1 spiro atoms. The maximum atomic E-state index is 14.1. The lowest BCUT2D eigenvalue weighted by molar-refractivity contribution is -0.137. The third kappa shape index (κ3) is 4.40. The summed E-state index contributed by atoms with van der Waals surface area (Å²) in [5.74, 6) is -0.210. The van der Waals surface area contributed by atoms with E-state index in [1.54, 1.807) is 0 Å². The third-order valence-corrected chi connectivity index (χ3v) is 9.42. The molecule has 0 bridgehead atoms. The minimum absolute atomic E-state index is 0.0562. The molecule has 1 aromatic heterocycles. The molecule has 1 aliphatic carbocycles. The molecule has 208 valence electrons. The molecule has 1 aliphatic heterocycles. The summed E-state index contributed by atoms with van der Waals surface area (Å²) >= 11 is 0. The zero-order chi connectivity index (χ0) is 28.1. The van der Waals surface area contributed by atoms with Crippen LogP contribution in [0.5, 0.6) is 0 Å². The molecule has 3 aromatic carbocycles. The van der Waals surface area contributed by atoms with Crippen molar-refractivity contribution in [1.82, 2.24) is 14.8 Å². The van der Waals surface area contributed by atoms with Crippen molar-refractivity contribution >= 4 is 16.8 Å². The van der Waals surface area contributed by atoms with Crippen LogP contribution in [0.3, 0.4) is 0 Å². The highest BCUT2D eigenvalue weighted by Gasteiger charge is 2.52. The molecule has 1 amide bonds. The summed E-state index contributed by atoms with van der Waals surface area (Å²) in [6, 6.07) is 23.5. The quantitative estimate of drug-likeness (QED) is 0.295. The molecule has 1 saturated carbocycles. The van der Waals surface area contributed by atoms with Crippen LogP contribution in [-0.2, 0) is 24.6 Å². The van der Waals surface area contributed by atoms with Gasteiger partial charge in [0, 0.05) is 34.2 Å². The number of carbonyl (C=O) groups excluding carboxylic acids is 1. The second kappa shape index (κ2) is 9.81. The van der Waals surface area contributed by atoms with E-state index in [2.05, 4.69) is 60.4 Å². The highest BCUT2D eigenvalue weighted by atomic mass is 19.4. The fraction of sp³-hybridized carbons (Fsp3) is 0.364. The van der Waals surface area contributed by atoms with Crippen LogP contribution in [0.1, 0.15) is 58.4 Å². The lowest BCUT2D eigenvalue weighted by Crippen LogP contribution is -2.59. The lowest BCUT2D eigenvalue weighted by atomic mass is 9.65. The summed E-state index contributed by atoms with van der Waals surface area (Å²) in [4.78, 5) is 22.0. The third-order valence-electron chi connectivity index (χ3n) is 9.42. The normalized spacial score (nSPS) is 23.1. The largest absolute Gasteiger partial charge is 0.416 e. The number of para-hydroxylation sites is 1. The maximum Gasteiger partial charge on any atom is 0.416 e. The summed E-state index contributed by atoms with van der Waals surface area (Å²) in [5, 5.41) is 1.19. The second-order valence-corrected chi connectivity index (χ2v) is 11.6. The van der Waals surface area contributed by atoms with Gasteiger partial charge in [0.1, 0.15) is 0 Å². The number of nitrogens with one attached hydrogen (secondary N) is 1. The SMILES string of the molecule is CN(C)C1(Cc2ccccc2)CCC2(CC1)c1[nH]c3ccccc3c1CCN2C(=O)c1ccc(C(F)(F)F)cc1. The molecule has 0 radical (unpaired) electrons. The van der Waals surface area contributed by atoms with Crippen LogP contribution in [0.4, 0.5) is 13.2 Å². The molecule has 40 heavy (non-hydrogen) atoms. The lowest BCUT2D eigenvalue weighted by Gasteiger charge is -2.55. The van der Waals surface area contributed by atoms with Crippen molar-refractivity contribution in [3.63, 3.8) is 0 Å². The molecule has 1 N–H and O–H groups in total. The molecule has 6 rings (SSSR count). The Morgan fingerprint density at radius 3 is 2.20 bits per heavy atom. The number of amides is 1. The zero-order valence-corrected chi connectivity index (χ0v) is 22.9. The number of rotatable bonds is 4. The summed E-state index contributed by atoms with van der Waals surface area (Å²) in [5.41, 5.74) is 3.64. The van der Waals surface area contributed by atoms with Crippen LogP contribution in [0.25, 0.3) is 10.9 Å². The number of likely N-dealkylation sites (N-methyl/N-ethyl adjacent to an activating group) is 1. The highest BCUT2D eigenvalue weighted by molar-refractivity contribution is 5.96. The van der Waals surface area contributed by atoms with E-state index >= 15 is 0 Å². The first-order valence-electron chi connectivity index (χ1n) is 13.9. The van der Waals surface area contributed by atoms with E-state index in [-0.39, 0.29) is 11.4 Å². The molecule has 1 fully saturated rings. The molecule has 2 heterocycles. The standard InChI is InChI=1S/C33H34F3N3O/c1-38(2)31(22-23-8-4-3-5-9-23)17-19-32(20-18-31)29-27(26-10-6-7-11-28(26)37-29)16-21-39(32)30(40)24-12-14-25(15-13-24)33(34,35)36/h3-15,37H,16-22H2,1-2H3. The smallest absolute Gasteiger partial charge is 0.356 e. The zero-order valence-electron chi connectivity index (χ0n) is 22.9. The molecular formula is C33H34F3N3O. The average Bonchev–Trinajstić information content (AvgIpc) is 3.34. The van der Waals surface area contributed by atoms with Crippen molar-refractivity contribution in [2.45, 2.75) is 55.8 Å². The van der Waals surface area contributed by atoms with Crippen molar-refractivity contribution in [1.29, 1.82) is 0 Å². The fourth-order valence-electron chi connectivity index (χ4n) is 7.09. The number of fused-ring (bicyclic) bond motifs is 4. The van der Waals surface area contributed by atoms with Crippen molar-refractivity contribution in [2.75, 3.05) is 20.6 Å². The Morgan fingerprint density at radius 1 is 0.900 bits per heavy atom. The number of hydrogen-bond acceptors (Lipinski definition) is 2. The number of hydrogen-bond donors (Lipinski definition) is 1. The predicted octanol–water partition coefficient (Wildman–Crippen LogP) is 7.20. The van der Waals surface area contributed by atoms with Crippen LogP contribution in [0, 0.1) is 0 Å². The van der Waals surface area contributed by atoms with Gasteiger partial charge in [0.2, 0.25) is 0 Å². The van der Waals surface area contributed by atoms with Gasteiger partial charge >= 0.3 is 6.18 Å². The monoisotopic (exact) mass is 545 g/mol. The molecule has 0 atom stereocenters. The van der Waals surface area contributed by atoms with E-state index in [1.165, 1.54) is 28.6 Å². The van der Waals surface area contributed by atoms with Gasteiger partial charge in [-0.05, 0) is 94.1 Å². The van der Waals surface area contributed by atoms with Gasteiger partial charge in [0.25, 0.3) is 5.91 Å². The van der Waals surface area contributed by atoms with E-state index in [9.17, 15) is 18.0 Å². The second-order valence-electron chi connectivity index (χ2n) is 11.6. The first kappa shape index (κ1) is 26.6. The molecule has 7 heteroatoms. The maximum absolute atomic E-state index is 14.1. The number of carbonyl (C=O) groups is 1. The Kier molecular flexibility index (Phi) is 6.53. The summed E-state index contributed by atoms with van der Waals surface area (Å²) in [7, 11) is 4.28. The Morgan fingerprint density at radius 2 is 1.55 bits per heavy atom. The van der Waals surface area contributed by atoms with E-state index < -0.39 is 17.3 Å². The number of aromatic amines is 1. The number of halogens is 3. The van der Waals surface area contributed by atoms with Gasteiger partial charge in [-0.2, -0.15) is 13.2 Å². The topological polar surface area (TPSA) is 39.3 Å². The van der Waals surface area contributed by atoms with E-state index in [0.29, 0.717) is 18.5 Å².